The number of hydrogen-bond donors (Lipinski definition) is 0. The number of allylic oxidation sites excluding steroid dienone is 1. The first-order valence-electron chi connectivity index (χ1n) is 10.2. The predicted molar refractivity (Wildman–Crippen MR) is 129 cm³/mol. The highest BCUT2D eigenvalue weighted by atomic mass is 32.2. The number of hydrogen-bond acceptors (Lipinski definition) is 5. The van der Waals surface area contributed by atoms with E-state index >= 15 is 0 Å². The summed E-state index contributed by atoms with van der Waals surface area (Å²) in [5, 5.41) is 9.35. The summed E-state index contributed by atoms with van der Waals surface area (Å²) < 4.78 is 7.28. The van der Waals surface area contributed by atoms with Crippen molar-refractivity contribution in [2.24, 2.45) is 0 Å². The second-order valence-electron chi connectivity index (χ2n) is 7.09. The van der Waals surface area contributed by atoms with Crippen LogP contribution in [0.25, 0.3) is 22.5 Å². The summed E-state index contributed by atoms with van der Waals surface area (Å²) in [5.41, 5.74) is 3.79. The van der Waals surface area contributed by atoms with Gasteiger partial charge in [-0.25, -0.2) is 0 Å². The minimum absolute atomic E-state index is 0.0469. The molecule has 0 amide bonds. The van der Waals surface area contributed by atoms with Crippen molar-refractivity contribution in [2.75, 3.05) is 12.9 Å². The molecule has 0 saturated heterocycles. The van der Waals surface area contributed by atoms with Gasteiger partial charge >= 0.3 is 0 Å². The molecular formula is C26H23N3O2S. The Morgan fingerprint density at radius 1 is 0.969 bits per heavy atom. The Balaban J connectivity index is 1.49. The maximum atomic E-state index is 12.8. The van der Waals surface area contributed by atoms with Gasteiger partial charge in [0.15, 0.2) is 16.8 Å². The lowest BCUT2D eigenvalue weighted by Crippen LogP contribution is -2.05. The van der Waals surface area contributed by atoms with Gasteiger partial charge in [-0.3, -0.25) is 9.36 Å². The molecule has 0 N–H and O–H groups in total. The number of rotatable bonds is 9. The maximum Gasteiger partial charge on any atom is 0.192 e. The summed E-state index contributed by atoms with van der Waals surface area (Å²) in [6, 6.07) is 25.5. The zero-order chi connectivity index (χ0) is 22.3. The summed E-state index contributed by atoms with van der Waals surface area (Å²) in [7, 11) is 1.63. The van der Waals surface area contributed by atoms with E-state index in [1.54, 1.807) is 13.2 Å². The van der Waals surface area contributed by atoms with E-state index in [2.05, 4.69) is 28.9 Å². The van der Waals surface area contributed by atoms with Gasteiger partial charge in [-0.05, 0) is 23.3 Å². The molecule has 160 valence electrons. The normalized spacial score (nSPS) is 10.7. The maximum absolute atomic E-state index is 12.8. The Morgan fingerprint density at radius 2 is 1.69 bits per heavy atom. The molecule has 1 aromatic heterocycles. The molecule has 3 aromatic carbocycles. The molecule has 4 rings (SSSR count). The van der Waals surface area contributed by atoms with E-state index in [-0.39, 0.29) is 11.5 Å². The van der Waals surface area contributed by atoms with Crippen molar-refractivity contribution in [3.63, 3.8) is 0 Å². The number of carbonyl (C=O) groups is 1. The second-order valence-corrected chi connectivity index (χ2v) is 8.04. The minimum Gasteiger partial charge on any atom is -0.497 e. The third kappa shape index (κ3) is 4.81. The summed E-state index contributed by atoms with van der Waals surface area (Å²) in [5.74, 6) is 1.79. The molecule has 32 heavy (non-hydrogen) atoms. The van der Waals surface area contributed by atoms with Crippen molar-refractivity contribution in [1.29, 1.82) is 0 Å². The zero-order valence-electron chi connectivity index (χ0n) is 17.8. The molecule has 0 bridgehead atoms. The van der Waals surface area contributed by atoms with E-state index in [1.165, 1.54) is 11.8 Å². The van der Waals surface area contributed by atoms with Gasteiger partial charge in [-0.2, -0.15) is 0 Å². The zero-order valence-corrected chi connectivity index (χ0v) is 18.6. The molecule has 1 heterocycles. The summed E-state index contributed by atoms with van der Waals surface area (Å²) in [6.45, 7) is 4.39. The fraction of sp³-hybridized carbons (Fsp3) is 0.115. The van der Waals surface area contributed by atoms with Crippen molar-refractivity contribution in [2.45, 2.75) is 11.7 Å². The van der Waals surface area contributed by atoms with Crippen LogP contribution >= 0.6 is 11.8 Å². The molecule has 0 aliphatic carbocycles. The number of aromatic nitrogens is 3. The smallest absolute Gasteiger partial charge is 0.192 e. The van der Waals surface area contributed by atoms with Crippen LogP contribution in [-0.2, 0) is 6.54 Å². The van der Waals surface area contributed by atoms with Crippen LogP contribution in [0.5, 0.6) is 5.75 Å². The molecule has 5 nitrogen and oxygen atoms in total. The fourth-order valence-electron chi connectivity index (χ4n) is 3.36. The standard InChI is InChI=1S/C26H23N3O2S/c1-3-16-29-25(22-10-7-11-23(17-22)31-2)27-28-26(29)32-18-24(30)21-14-12-20(13-15-21)19-8-5-4-6-9-19/h3-15,17H,1,16,18H2,2H3. The number of carbonyl (C=O) groups excluding carboxylic acids is 1. The van der Waals surface area contributed by atoms with Crippen LogP contribution in [0.4, 0.5) is 0 Å². The third-order valence-electron chi connectivity index (χ3n) is 5.00. The number of thioether (sulfide) groups is 1. The lowest BCUT2D eigenvalue weighted by molar-refractivity contribution is 0.102. The van der Waals surface area contributed by atoms with Gasteiger partial charge in [0.1, 0.15) is 5.75 Å². The van der Waals surface area contributed by atoms with Gasteiger partial charge in [0.25, 0.3) is 0 Å². The highest BCUT2D eigenvalue weighted by Crippen LogP contribution is 2.27. The first-order valence-corrected chi connectivity index (χ1v) is 11.2. The Hall–Kier alpha value is -3.64. The van der Waals surface area contributed by atoms with Gasteiger partial charge in [0.05, 0.1) is 12.9 Å². The van der Waals surface area contributed by atoms with Crippen LogP contribution in [0.1, 0.15) is 10.4 Å². The van der Waals surface area contributed by atoms with Crippen molar-refractivity contribution in [1.82, 2.24) is 14.8 Å². The number of ketones is 1. The highest BCUT2D eigenvalue weighted by molar-refractivity contribution is 7.99. The first-order chi connectivity index (χ1) is 15.7. The van der Waals surface area contributed by atoms with Crippen molar-refractivity contribution >= 4 is 17.5 Å². The molecule has 0 spiro atoms. The van der Waals surface area contributed by atoms with Gasteiger partial charge < -0.3 is 4.74 Å². The Kier molecular flexibility index (Phi) is 6.82. The Bertz CT molecular complexity index is 1220. The molecule has 6 heteroatoms. The van der Waals surface area contributed by atoms with Crippen LogP contribution < -0.4 is 4.74 Å². The monoisotopic (exact) mass is 441 g/mol. The number of methoxy groups -OCH3 is 1. The van der Waals surface area contributed by atoms with Gasteiger partial charge in [-0.1, -0.05) is 84.6 Å². The molecule has 0 unspecified atom stereocenters. The number of Topliss-reactive ketones (excluding diaryl/α,β-unsaturated/α-hetero) is 1. The Labute approximate surface area is 191 Å². The molecular weight excluding hydrogens is 418 g/mol. The van der Waals surface area contributed by atoms with Crippen LogP contribution in [0, 0.1) is 0 Å². The van der Waals surface area contributed by atoms with Crippen LogP contribution in [-0.4, -0.2) is 33.4 Å². The van der Waals surface area contributed by atoms with E-state index in [0.717, 1.165) is 22.4 Å². The van der Waals surface area contributed by atoms with Crippen LogP contribution in [0.2, 0.25) is 0 Å². The third-order valence-corrected chi connectivity index (χ3v) is 5.97. The second kappa shape index (κ2) is 10.1. The lowest BCUT2D eigenvalue weighted by atomic mass is 10.0. The number of ether oxygens (including phenoxy) is 1. The molecule has 0 saturated carbocycles. The van der Waals surface area contributed by atoms with Crippen molar-refractivity contribution < 1.29 is 9.53 Å². The molecule has 4 aromatic rings. The van der Waals surface area contributed by atoms with Crippen LogP contribution in [0.15, 0.2) is 96.7 Å². The van der Waals surface area contributed by atoms with E-state index < -0.39 is 0 Å². The first kappa shape index (κ1) is 21.6. The summed E-state index contributed by atoms with van der Waals surface area (Å²) >= 11 is 1.38. The molecule has 0 aliphatic rings. The Morgan fingerprint density at radius 3 is 2.41 bits per heavy atom. The SMILES string of the molecule is C=CCn1c(SCC(=O)c2ccc(-c3ccccc3)cc2)nnc1-c1cccc(OC)c1. The van der Waals surface area contributed by atoms with Gasteiger partial charge in [-0.15, -0.1) is 16.8 Å². The van der Waals surface area contributed by atoms with Gasteiger partial charge in [0, 0.05) is 17.7 Å². The summed E-state index contributed by atoms with van der Waals surface area (Å²) in [6.07, 6.45) is 1.79. The molecule has 0 atom stereocenters. The average Bonchev–Trinajstić information content (AvgIpc) is 3.26. The van der Waals surface area contributed by atoms with E-state index in [9.17, 15) is 4.79 Å². The quantitative estimate of drug-likeness (QED) is 0.187. The van der Waals surface area contributed by atoms with Crippen molar-refractivity contribution in [3.05, 3.63) is 97.1 Å². The molecule has 0 fully saturated rings. The lowest BCUT2D eigenvalue weighted by Gasteiger charge is -2.09. The van der Waals surface area contributed by atoms with Gasteiger partial charge in [0.2, 0.25) is 0 Å². The van der Waals surface area contributed by atoms with E-state index in [1.807, 2.05) is 71.3 Å². The number of nitrogens with zero attached hydrogens (tertiary/aromatic N) is 3. The summed E-state index contributed by atoms with van der Waals surface area (Å²) in [4.78, 5) is 12.8. The predicted octanol–water partition coefficient (Wildman–Crippen LogP) is 5.78. The molecule has 0 radical (unpaired) electrons. The highest BCUT2D eigenvalue weighted by Gasteiger charge is 2.16. The number of benzene rings is 3. The fourth-order valence-corrected chi connectivity index (χ4v) is 4.20. The largest absolute Gasteiger partial charge is 0.497 e. The van der Waals surface area contributed by atoms with E-state index in [0.29, 0.717) is 23.1 Å². The van der Waals surface area contributed by atoms with Crippen molar-refractivity contribution in [3.8, 4) is 28.3 Å². The van der Waals surface area contributed by atoms with E-state index in [4.69, 9.17) is 4.74 Å². The average molecular weight is 442 g/mol. The van der Waals surface area contributed by atoms with Crippen LogP contribution in [0.3, 0.4) is 0 Å². The topological polar surface area (TPSA) is 57.0 Å². The minimum atomic E-state index is 0.0469. The molecule has 0 aliphatic heterocycles.